The van der Waals surface area contributed by atoms with E-state index in [2.05, 4.69) is 15.7 Å². The van der Waals surface area contributed by atoms with Gasteiger partial charge in [0.2, 0.25) is 5.91 Å². The lowest BCUT2D eigenvalue weighted by Gasteiger charge is -2.23. The van der Waals surface area contributed by atoms with Crippen molar-refractivity contribution in [2.45, 2.75) is 44.6 Å². The minimum Gasteiger partial charge on any atom is -0.351 e. The quantitative estimate of drug-likeness (QED) is 0.811. The Morgan fingerprint density at radius 2 is 1.93 bits per heavy atom. The summed E-state index contributed by atoms with van der Waals surface area (Å²) < 4.78 is 28.3. The molecule has 27 heavy (non-hydrogen) atoms. The molecule has 144 valence electrons. The van der Waals surface area contributed by atoms with E-state index in [9.17, 15) is 18.4 Å². The summed E-state index contributed by atoms with van der Waals surface area (Å²) in [5, 5.41) is 9.59. The summed E-state index contributed by atoms with van der Waals surface area (Å²) in [5.74, 6) is -2.01. The van der Waals surface area contributed by atoms with Gasteiger partial charge in [-0.2, -0.15) is 5.10 Å². The number of carbonyl (C=O) groups excluding carboxylic acids is 2. The molecule has 0 spiro atoms. The minimum atomic E-state index is -0.937. The molecule has 0 bridgehead atoms. The van der Waals surface area contributed by atoms with Gasteiger partial charge in [-0.3, -0.25) is 9.59 Å². The SMILES string of the molecule is O=C(CCNC(=O)c1ccc(F)cc1F)Nc1ccnn1C1CCCCC1. The first-order chi connectivity index (χ1) is 13.0. The Kier molecular flexibility index (Phi) is 6.16. The minimum absolute atomic E-state index is 0.0321. The molecular weight excluding hydrogens is 354 g/mol. The smallest absolute Gasteiger partial charge is 0.254 e. The van der Waals surface area contributed by atoms with E-state index in [1.807, 2.05) is 4.68 Å². The third-order valence-electron chi connectivity index (χ3n) is 4.67. The second-order valence-corrected chi connectivity index (χ2v) is 6.63. The Balaban J connectivity index is 1.49. The van der Waals surface area contributed by atoms with Gasteiger partial charge in [-0.05, 0) is 25.0 Å². The van der Waals surface area contributed by atoms with E-state index in [0.29, 0.717) is 17.9 Å². The molecule has 1 fully saturated rings. The fourth-order valence-electron chi connectivity index (χ4n) is 3.29. The molecular formula is C19H22F2N4O2. The normalized spacial score (nSPS) is 14.7. The van der Waals surface area contributed by atoms with E-state index in [0.717, 1.165) is 37.8 Å². The van der Waals surface area contributed by atoms with E-state index < -0.39 is 17.5 Å². The van der Waals surface area contributed by atoms with Crippen LogP contribution in [0.4, 0.5) is 14.6 Å². The van der Waals surface area contributed by atoms with Crippen LogP contribution >= 0.6 is 0 Å². The van der Waals surface area contributed by atoms with E-state index in [1.54, 1.807) is 12.3 Å². The zero-order chi connectivity index (χ0) is 19.2. The Morgan fingerprint density at radius 3 is 2.67 bits per heavy atom. The highest BCUT2D eigenvalue weighted by Gasteiger charge is 2.19. The average molecular weight is 376 g/mol. The molecule has 1 aliphatic rings. The fourth-order valence-corrected chi connectivity index (χ4v) is 3.29. The lowest BCUT2D eigenvalue weighted by atomic mass is 9.96. The number of hydrogen-bond acceptors (Lipinski definition) is 3. The summed E-state index contributed by atoms with van der Waals surface area (Å²) in [6.07, 6.45) is 7.32. The first kappa shape index (κ1) is 19.0. The van der Waals surface area contributed by atoms with Crippen molar-refractivity contribution in [3.05, 3.63) is 47.7 Å². The zero-order valence-corrected chi connectivity index (χ0v) is 14.9. The Morgan fingerprint density at radius 1 is 1.15 bits per heavy atom. The third kappa shape index (κ3) is 4.90. The molecule has 1 aromatic carbocycles. The molecule has 6 nitrogen and oxygen atoms in total. The molecule has 1 heterocycles. The summed E-state index contributed by atoms with van der Waals surface area (Å²) >= 11 is 0. The van der Waals surface area contributed by atoms with Crippen molar-refractivity contribution >= 4 is 17.6 Å². The zero-order valence-electron chi connectivity index (χ0n) is 14.9. The molecule has 1 saturated carbocycles. The number of aromatic nitrogens is 2. The van der Waals surface area contributed by atoms with Gasteiger partial charge in [0.15, 0.2) is 0 Å². The summed E-state index contributed by atoms with van der Waals surface area (Å²) in [4.78, 5) is 24.1. The van der Waals surface area contributed by atoms with Gasteiger partial charge >= 0.3 is 0 Å². The second-order valence-electron chi connectivity index (χ2n) is 6.63. The van der Waals surface area contributed by atoms with Gasteiger partial charge < -0.3 is 10.6 Å². The van der Waals surface area contributed by atoms with E-state index in [-0.39, 0.29) is 24.4 Å². The molecule has 1 aromatic heterocycles. The highest BCUT2D eigenvalue weighted by Crippen LogP contribution is 2.29. The lowest BCUT2D eigenvalue weighted by molar-refractivity contribution is -0.116. The summed E-state index contributed by atoms with van der Waals surface area (Å²) in [6.45, 7) is 0.0407. The standard InChI is InChI=1S/C19H22F2N4O2/c20-13-6-7-15(16(21)12-13)19(27)22-10-9-18(26)24-17-8-11-23-25(17)14-4-2-1-3-5-14/h6-8,11-12,14H,1-5,9-10H2,(H,22,27)(H,24,26). The number of benzene rings is 1. The van der Waals surface area contributed by atoms with Gasteiger partial charge in [-0.1, -0.05) is 19.3 Å². The van der Waals surface area contributed by atoms with Gasteiger partial charge in [0, 0.05) is 25.1 Å². The molecule has 1 aliphatic carbocycles. The topological polar surface area (TPSA) is 76.0 Å². The van der Waals surface area contributed by atoms with Crippen LogP contribution in [0.1, 0.15) is 54.9 Å². The number of halogens is 2. The van der Waals surface area contributed by atoms with Crippen LogP contribution in [0.3, 0.4) is 0 Å². The summed E-state index contributed by atoms with van der Waals surface area (Å²) in [5.41, 5.74) is -0.257. The second kappa shape index (κ2) is 8.75. The number of anilines is 1. The van der Waals surface area contributed by atoms with Crippen LogP contribution in [-0.2, 0) is 4.79 Å². The maximum Gasteiger partial charge on any atom is 0.254 e. The fraction of sp³-hybridized carbons (Fsp3) is 0.421. The highest BCUT2D eigenvalue weighted by atomic mass is 19.1. The number of carbonyl (C=O) groups is 2. The van der Waals surface area contributed by atoms with Crippen LogP contribution in [0.15, 0.2) is 30.5 Å². The number of nitrogens with one attached hydrogen (secondary N) is 2. The van der Waals surface area contributed by atoms with Crippen molar-refractivity contribution < 1.29 is 18.4 Å². The molecule has 0 unspecified atom stereocenters. The van der Waals surface area contributed by atoms with E-state index >= 15 is 0 Å². The van der Waals surface area contributed by atoms with Crippen LogP contribution in [-0.4, -0.2) is 28.1 Å². The van der Waals surface area contributed by atoms with Crippen LogP contribution in [0.2, 0.25) is 0 Å². The molecule has 2 aromatic rings. The molecule has 0 radical (unpaired) electrons. The number of hydrogen-bond donors (Lipinski definition) is 2. The Bertz CT molecular complexity index is 816. The van der Waals surface area contributed by atoms with Crippen LogP contribution in [0, 0.1) is 11.6 Å². The van der Waals surface area contributed by atoms with Crippen molar-refractivity contribution in [1.29, 1.82) is 0 Å². The van der Waals surface area contributed by atoms with Crippen molar-refractivity contribution in [3.63, 3.8) is 0 Å². The highest BCUT2D eigenvalue weighted by molar-refractivity contribution is 5.95. The van der Waals surface area contributed by atoms with E-state index in [1.165, 1.54) is 6.42 Å². The molecule has 8 heteroatoms. The Hall–Kier alpha value is -2.77. The molecule has 0 aliphatic heterocycles. The van der Waals surface area contributed by atoms with Crippen molar-refractivity contribution in [2.75, 3.05) is 11.9 Å². The van der Waals surface area contributed by atoms with Crippen molar-refractivity contribution in [1.82, 2.24) is 15.1 Å². The van der Waals surface area contributed by atoms with Gasteiger partial charge in [0.25, 0.3) is 5.91 Å². The first-order valence-electron chi connectivity index (χ1n) is 9.11. The average Bonchev–Trinajstić information content (AvgIpc) is 3.10. The maximum atomic E-state index is 13.6. The Labute approximate surface area is 155 Å². The molecule has 2 amide bonds. The third-order valence-corrected chi connectivity index (χ3v) is 4.67. The lowest BCUT2D eigenvalue weighted by Crippen LogP contribution is -2.29. The molecule has 2 N–H and O–H groups in total. The van der Waals surface area contributed by atoms with Gasteiger partial charge in [-0.15, -0.1) is 0 Å². The van der Waals surface area contributed by atoms with Crippen LogP contribution in [0.5, 0.6) is 0 Å². The maximum absolute atomic E-state index is 13.6. The van der Waals surface area contributed by atoms with Gasteiger partial charge in [-0.25, -0.2) is 13.5 Å². The number of rotatable bonds is 6. The van der Waals surface area contributed by atoms with Crippen molar-refractivity contribution in [2.24, 2.45) is 0 Å². The monoisotopic (exact) mass is 376 g/mol. The summed E-state index contributed by atoms with van der Waals surface area (Å²) in [6, 6.07) is 4.78. The predicted molar refractivity (Wildman–Crippen MR) is 96.3 cm³/mol. The molecule has 3 rings (SSSR count). The van der Waals surface area contributed by atoms with Crippen molar-refractivity contribution in [3.8, 4) is 0 Å². The molecule has 0 saturated heterocycles. The first-order valence-corrected chi connectivity index (χ1v) is 9.11. The largest absolute Gasteiger partial charge is 0.351 e. The molecule has 0 atom stereocenters. The summed E-state index contributed by atoms with van der Waals surface area (Å²) in [7, 11) is 0. The number of amides is 2. The predicted octanol–water partition coefficient (Wildman–Crippen LogP) is 3.43. The van der Waals surface area contributed by atoms with E-state index in [4.69, 9.17) is 0 Å². The van der Waals surface area contributed by atoms with Crippen LogP contribution < -0.4 is 10.6 Å². The number of nitrogens with zero attached hydrogens (tertiary/aromatic N) is 2. The van der Waals surface area contributed by atoms with Crippen LogP contribution in [0.25, 0.3) is 0 Å². The van der Waals surface area contributed by atoms with Gasteiger partial charge in [0.1, 0.15) is 17.5 Å². The van der Waals surface area contributed by atoms with Gasteiger partial charge in [0.05, 0.1) is 17.8 Å².